The van der Waals surface area contributed by atoms with E-state index in [1.54, 1.807) is 13.8 Å². The van der Waals surface area contributed by atoms with Gasteiger partial charge in [0.15, 0.2) is 11.2 Å². The lowest BCUT2D eigenvalue weighted by Gasteiger charge is -2.27. The smallest absolute Gasteiger partial charge is 0.337 e. The molecule has 104 valence electrons. The van der Waals surface area contributed by atoms with Gasteiger partial charge in [-0.1, -0.05) is 11.8 Å². The second-order valence-electron chi connectivity index (χ2n) is 5.11. The summed E-state index contributed by atoms with van der Waals surface area (Å²) < 4.78 is 5.26. The van der Waals surface area contributed by atoms with Crippen LogP contribution >= 0.6 is 11.8 Å². The first-order valence-corrected chi connectivity index (χ1v) is 7.08. The van der Waals surface area contributed by atoms with Gasteiger partial charge in [-0.2, -0.15) is 0 Å². The van der Waals surface area contributed by atoms with E-state index in [0.717, 1.165) is 31.1 Å². The zero-order chi connectivity index (χ0) is 13.8. The Morgan fingerprint density at radius 3 is 2.72 bits per heavy atom. The molecular formula is C12H21NO4S. The molecule has 0 aromatic heterocycles. The Morgan fingerprint density at radius 2 is 2.22 bits per heavy atom. The number of hydrogen-bond donors (Lipinski definition) is 2. The van der Waals surface area contributed by atoms with Gasteiger partial charge in [0.2, 0.25) is 0 Å². The molecule has 0 bridgehead atoms. The van der Waals surface area contributed by atoms with Gasteiger partial charge in [-0.15, -0.1) is 0 Å². The SMILES string of the molecule is CC(=O)SCC(C)(C)OC(=O)C(O)C1CCCN1. The molecule has 0 aromatic rings. The summed E-state index contributed by atoms with van der Waals surface area (Å²) in [5.41, 5.74) is -0.757. The Morgan fingerprint density at radius 1 is 1.56 bits per heavy atom. The van der Waals surface area contributed by atoms with Crippen LogP contribution in [0.25, 0.3) is 0 Å². The highest BCUT2D eigenvalue weighted by molar-refractivity contribution is 8.13. The van der Waals surface area contributed by atoms with Crippen molar-refractivity contribution in [2.75, 3.05) is 12.3 Å². The maximum atomic E-state index is 11.8. The van der Waals surface area contributed by atoms with Gasteiger partial charge in [0, 0.05) is 18.7 Å². The largest absolute Gasteiger partial charge is 0.457 e. The Labute approximate surface area is 112 Å². The minimum Gasteiger partial charge on any atom is -0.457 e. The molecule has 0 spiro atoms. The lowest BCUT2D eigenvalue weighted by Crippen LogP contribution is -2.44. The summed E-state index contributed by atoms with van der Waals surface area (Å²) >= 11 is 1.11. The lowest BCUT2D eigenvalue weighted by atomic mass is 10.1. The highest BCUT2D eigenvalue weighted by atomic mass is 32.2. The van der Waals surface area contributed by atoms with Gasteiger partial charge in [-0.05, 0) is 33.2 Å². The summed E-state index contributed by atoms with van der Waals surface area (Å²) in [6, 6.07) is -0.214. The molecule has 0 aliphatic carbocycles. The second kappa shape index (κ2) is 6.54. The van der Waals surface area contributed by atoms with E-state index >= 15 is 0 Å². The fourth-order valence-electron chi connectivity index (χ4n) is 1.78. The van der Waals surface area contributed by atoms with E-state index in [-0.39, 0.29) is 11.2 Å². The van der Waals surface area contributed by atoms with Crippen LogP contribution in [-0.2, 0) is 14.3 Å². The number of rotatable bonds is 5. The maximum Gasteiger partial charge on any atom is 0.337 e. The first kappa shape index (κ1) is 15.5. The number of carbonyl (C=O) groups excluding carboxylic acids is 2. The standard InChI is InChI=1S/C12H21NO4S/c1-8(14)18-7-12(2,3)17-11(16)10(15)9-5-4-6-13-9/h9-10,13,15H,4-7H2,1-3H3. The molecule has 5 nitrogen and oxygen atoms in total. The van der Waals surface area contributed by atoms with E-state index in [1.807, 2.05) is 0 Å². The molecule has 0 aromatic carbocycles. The first-order valence-electron chi connectivity index (χ1n) is 6.09. The normalized spacial score (nSPS) is 21.7. The zero-order valence-electron chi connectivity index (χ0n) is 11.1. The van der Waals surface area contributed by atoms with Gasteiger partial charge < -0.3 is 15.2 Å². The van der Waals surface area contributed by atoms with Crippen molar-refractivity contribution in [1.82, 2.24) is 5.32 Å². The number of ether oxygens (including phenoxy) is 1. The molecule has 2 unspecified atom stereocenters. The fraction of sp³-hybridized carbons (Fsp3) is 0.833. The van der Waals surface area contributed by atoms with Crippen molar-refractivity contribution in [2.45, 2.75) is 51.4 Å². The average Bonchev–Trinajstić information content (AvgIpc) is 2.78. The van der Waals surface area contributed by atoms with Crippen LogP contribution in [0.3, 0.4) is 0 Å². The van der Waals surface area contributed by atoms with Crippen molar-refractivity contribution in [2.24, 2.45) is 0 Å². The lowest BCUT2D eigenvalue weighted by molar-refractivity contribution is -0.166. The molecule has 6 heteroatoms. The van der Waals surface area contributed by atoms with Crippen molar-refractivity contribution < 1.29 is 19.4 Å². The molecule has 1 aliphatic heterocycles. The van der Waals surface area contributed by atoms with Crippen LogP contribution in [0.5, 0.6) is 0 Å². The van der Waals surface area contributed by atoms with Crippen LogP contribution in [0.15, 0.2) is 0 Å². The number of esters is 1. The Bertz CT molecular complexity index is 313. The molecule has 1 fully saturated rings. The predicted molar refractivity (Wildman–Crippen MR) is 70.3 cm³/mol. The van der Waals surface area contributed by atoms with E-state index in [4.69, 9.17) is 4.74 Å². The van der Waals surface area contributed by atoms with Crippen molar-refractivity contribution in [3.8, 4) is 0 Å². The van der Waals surface area contributed by atoms with Crippen LogP contribution in [-0.4, -0.2) is 46.2 Å². The third-order valence-electron chi connectivity index (χ3n) is 2.72. The molecule has 1 heterocycles. The Kier molecular flexibility index (Phi) is 5.62. The van der Waals surface area contributed by atoms with E-state index in [2.05, 4.69) is 5.32 Å². The van der Waals surface area contributed by atoms with E-state index in [9.17, 15) is 14.7 Å². The number of hydrogen-bond acceptors (Lipinski definition) is 6. The first-order chi connectivity index (χ1) is 8.32. The summed E-state index contributed by atoms with van der Waals surface area (Å²) in [5, 5.41) is 12.9. The summed E-state index contributed by atoms with van der Waals surface area (Å²) in [5.74, 6) is -0.234. The molecule has 0 radical (unpaired) electrons. The third-order valence-corrected chi connectivity index (χ3v) is 3.97. The topological polar surface area (TPSA) is 75.6 Å². The fourth-order valence-corrected chi connectivity index (χ4v) is 2.39. The van der Waals surface area contributed by atoms with Crippen molar-refractivity contribution in [3.63, 3.8) is 0 Å². The number of aliphatic hydroxyl groups is 1. The van der Waals surface area contributed by atoms with Crippen LogP contribution in [0.4, 0.5) is 0 Å². The van der Waals surface area contributed by atoms with E-state index < -0.39 is 17.7 Å². The molecule has 1 saturated heterocycles. The van der Waals surface area contributed by atoms with E-state index in [0.29, 0.717) is 5.75 Å². The Balaban J connectivity index is 2.43. The zero-order valence-corrected chi connectivity index (χ0v) is 11.9. The maximum absolute atomic E-state index is 11.8. The Hall–Kier alpha value is -0.590. The summed E-state index contributed by atoms with van der Waals surface area (Å²) in [6.45, 7) is 5.75. The van der Waals surface area contributed by atoms with Gasteiger partial charge in [0.05, 0.1) is 0 Å². The molecule has 1 rings (SSSR count). The molecule has 18 heavy (non-hydrogen) atoms. The van der Waals surface area contributed by atoms with Crippen LogP contribution in [0.2, 0.25) is 0 Å². The molecule has 2 N–H and O–H groups in total. The molecular weight excluding hydrogens is 254 g/mol. The summed E-state index contributed by atoms with van der Waals surface area (Å²) in [4.78, 5) is 22.7. The summed E-state index contributed by atoms with van der Waals surface area (Å²) in [6.07, 6.45) is 0.603. The van der Waals surface area contributed by atoms with Gasteiger partial charge in [-0.25, -0.2) is 4.79 Å². The van der Waals surface area contributed by atoms with Crippen LogP contribution in [0.1, 0.15) is 33.6 Å². The average molecular weight is 275 g/mol. The molecule has 0 amide bonds. The number of carbonyl (C=O) groups is 2. The second-order valence-corrected chi connectivity index (χ2v) is 6.26. The molecule has 2 atom stereocenters. The summed E-state index contributed by atoms with van der Waals surface area (Å²) in [7, 11) is 0. The van der Waals surface area contributed by atoms with Gasteiger partial charge in [0.1, 0.15) is 5.60 Å². The highest BCUT2D eigenvalue weighted by Gasteiger charge is 2.33. The minimum atomic E-state index is -1.13. The van der Waals surface area contributed by atoms with Crippen LogP contribution < -0.4 is 5.32 Å². The number of nitrogens with one attached hydrogen (secondary N) is 1. The van der Waals surface area contributed by atoms with Gasteiger partial charge >= 0.3 is 5.97 Å². The monoisotopic (exact) mass is 275 g/mol. The van der Waals surface area contributed by atoms with Gasteiger partial charge in [-0.3, -0.25) is 4.79 Å². The number of aliphatic hydroxyl groups excluding tert-OH is 1. The predicted octanol–water partition coefficient (Wildman–Crippen LogP) is 0.701. The molecule has 1 aliphatic rings. The third kappa shape index (κ3) is 4.96. The van der Waals surface area contributed by atoms with Crippen molar-refractivity contribution in [3.05, 3.63) is 0 Å². The quantitative estimate of drug-likeness (QED) is 0.719. The van der Waals surface area contributed by atoms with Crippen molar-refractivity contribution in [1.29, 1.82) is 0 Å². The highest BCUT2D eigenvalue weighted by Crippen LogP contribution is 2.20. The van der Waals surface area contributed by atoms with Crippen molar-refractivity contribution >= 4 is 22.8 Å². The molecule has 0 saturated carbocycles. The van der Waals surface area contributed by atoms with Crippen LogP contribution in [0, 0.1) is 0 Å². The van der Waals surface area contributed by atoms with Gasteiger partial charge in [0.25, 0.3) is 0 Å². The van der Waals surface area contributed by atoms with E-state index in [1.165, 1.54) is 6.92 Å². The number of thioether (sulfide) groups is 1. The minimum absolute atomic E-state index is 0.0165.